The van der Waals surface area contributed by atoms with Crippen molar-refractivity contribution in [1.29, 1.82) is 0 Å². The standard InChI is InChI=1S/C16H24N2O2S/c1-13-14(7-6-8-15(13)18(19)20)11-17-12-16(21-2)9-4-3-5-10-16/h6-8,17H,3-5,9-12H2,1-2H3. The summed E-state index contributed by atoms with van der Waals surface area (Å²) in [5, 5.41) is 14.5. The van der Waals surface area contributed by atoms with Crippen molar-refractivity contribution in [2.75, 3.05) is 12.8 Å². The zero-order chi connectivity index (χ0) is 15.3. The number of nitro groups is 1. The number of benzene rings is 1. The van der Waals surface area contributed by atoms with E-state index >= 15 is 0 Å². The Kier molecular flexibility index (Phi) is 5.65. The van der Waals surface area contributed by atoms with Crippen LogP contribution >= 0.6 is 11.8 Å². The molecule has 0 bridgehead atoms. The maximum atomic E-state index is 11.0. The van der Waals surface area contributed by atoms with E-state index in [9.17, 15) is 10.1 Å². The largest absolute Gasteiger partial charge is 0.311 e. The molecule has 1 aromatic rings. The van der Waals surface area contributed by atoms with Gasteiger partial charge in [0.1, 0.15) is 0 Å². The van der Waals surface area contributed by atoms with E-state index in [1.807, 2.05) is 24.8 Å². The van der Waals surface area contributed by atoms with Gasteiger partial charge in [0.2, 0.25) is 0 Å². The number of rotatable bonds is 6. The lowest BCUT2D eigenvalue weighted by atomic mass is 9.88. The first kappa shape index (κ1) is 16.3. The molecule has 1 aliphatic rings. The summed E-state index contributed by atoms with van der Waals surface area (Å²) in [7, 11) is 0. The summed E-state index contributed by atoms with van der Waals surface area (Å²) in [6.45, 7) is 3.52. The molecule has 0 aromatic heterocycles. The third-order valence-corrected chi connectivity index (χ3v) is 5.99. The van der Waals surface area contributed by atoms with E-state index in [0.29, 0.717) is 11.3 Å². The molecule has 5 heteroatoms. The lowest BCUT2D eigenvalue weighted by molar-refractivity contribution is -0.385. The number of nitrogens with zero attached hydrogens (tertiary/aromatic N) is 1. The van der Waals surface area contributed by atoms with E-state index in [0.717, 1.165) is 17.7 Å². The Morgan fingerprint density at radius 1 is 1.33 bits per heavy atom. The Morgan fingerprint density at radius 2 is 2.05 bits per heavy atom. The molecule has 0 radical (unpaired) electrons. The van der Waals surface area contributed by atoms with Gasteiger partial charge in [-0.1, -0.05) is 31.4 Å². The summed E-state index contributed by atoms with van der Waals surface area (Å²) in [6, 6.07) is 5.32. The van der Waals surface area contributed by atoms with Gasteiger partial charge in [0.05, 0.1) is 4.92 Å². The second-order valence-electron chi connectivity index (χ2n) is 5.87. The van der Waals surface area contributed by atoms with Crippen LogP contribution in [0, 0.1) is 17.0 Å². The number of hydrogen-bond acceptors (Lipinski definition) is 4. The summed E-state index contributed by atoms with van der Waals surface area (Å²) in [4.78, 5) is 10.7. The normalized spacial score (nSPS) is 17.6. The highest BCUT2D eigenvalue weighted by Crippen LogP contribution is 2.38. The maximum absolute atomic E-state index is 11.0. The highest BCUT2D eigenvalue weighted by molar-refractivity contribution is 8.00. The number of nitrogens with one attached hydrogen (secondary N) is 1. The molecule has 0 unspecified atom stereocenters. The molecule has 0 heterocycles. The van der Waals surface area contributed by atoms with E-state index in [2.05, 4.69) is 11.6 Å². The maximum Gasteiger partial charge on any atom is 0.272 e. The molecule has 0 aliphatic heterocycles. The first-order valence-corrected chi connectivity index (χ1v) is 8.79. The Hall–Kier alpha value is -1.07. The molecule has 2 rings (SSSR count). The summed E-state index contributed by atoms with van der Waals surface area (Å²) >= 11 is 1.97. The lowest BCUT2D eigenvalue weighted by Crippen LogP contribution is -2.39. The third kappa shape index (κ3) is 3.98. The number of hydrogen-bond donors (Lipinski definition) is 1. The minimum Gasteiger partial charge on any atom is -0.311 e. The van der Waals surface area contributed by atoms with Crippen LogP contribution in [0.3, 0.4) is 0 Å². The van der Waals surface area contributed by atoms with Gasteiger partial charge in [0.15, 0.2) is 0 Å². The van der Waals surface area contributed by atoms with Crippen molar-refractivity contribution in [1.82, 2.24) is 5.32 Å². The Labute approximate surface area is 130 Å². The topological polar surface area (TPSA) is 55.2 Å². The fourth-order valence-electron chi connectivity index (χ4n) is 3.13. The molecular weight excluding hydrogens is 284 g/mol. The molecule has 1 fully saturated rings. The van der Waals surface area contributed by atoms with Crippen molar-refractivity contribution in [2.24, 2.45) is 0 Å². The van der Waals surface area contributed by atoms with Crippen LogP contribution < -0.4 is 5.32 Å². The predicted molar refractivity (Wildman–Crippen MR) is 88.9 cm³/mol. The second-order valence-corrected chi connectivity index (χ2v) is 7.14. The van der Waals surface area contributed by atoms with Crippen LogP contribution in [-0.2, 0) is 6.54 Å². The van der Waals surface area contributed by atoms with Gasteiger partial charge >= 0.3 is 0 Å². The average molecular weight is 308 g/mol. The molecule has 1 saturated carbocycles. The molecule has 4 nitrogen and oxygen atoms in total. The smallest absolute Gasteiger partial charge is 0.272 e. The fourth-order valence-corrected chi connectivity index (χ4v) is 4.08. The van der Waals surface area contributed by atoms with E-state index < -0.39 is 0 Å². The summed E-state index contributed by atoms with van der Waals surface area (Å²) < 4.78 is 0.354. The van der Waals surface area contributed by atoms with E-state index in [4.69, 9.17) is 0 Å². The minimum absolute atomic E-state index is 0.214. The Balaban J connectivity index is 1.97. The first-order chi connectivity index (χ1) is 10.1. The van der Waals surface area contributed by atoms with Crippen molar-refractivity contribution in [3.8, 4) is 0 Å². The molecule has 1 N–H and O–H groups in total. The van der Waals surface area contributed by atoms with E-state index in [1.165, 1.54) is 32.1 Å². The quantitative estimate of drug-likeness (QED) is 0.636. The van der Waals surface area contributed by atoms with Gasteiger partial charge in [0.25, 0.3) is 5.69 Å². The number of thioether (sulfide) groups is 1. The van der Waals surface area contributed by atoms with Crippen LogP contribution in [0.15, 0.2) is 18.2 Å². The Bertz CT molecular complexity index is 499. The molecule has 0 atom stereocenters. The van der Waals surface area contributed by atoms with Crippen LogP contribution in [0.1, 0.15) is 43.2 Å². The van der Waals surface area contributed by atoms with Crippen molar-refractivity contribution >= 4 is 17.4 Å². The van der Waals surface area contributed by atoms with Crippen LogP contribution in [0.5, 0.6) is 0 Å². The van der Waals surface area contributed by atoms with Crippen molar-refractivity contribution in [2.45, 2.75) is 50.3 Å². The molecule has 1 aromatic carbocycles. The molecule has 0 amide bonds. The summed E-state index contributed by atoms with van der Waals surface area (Å²) in [6.07, 6.45) is 8.73. The lowest BCUT2D eigenvalue weighted by Gasteiger charge is -2.36. The average Bonchev–Trinajstić information content (AvgIpc) is 2.49. The van der Waals surface area contributed by atoms with Crippen molar-refractivity contribution in [3.05, 3.63) is 39.4 Å². The monoisotopic (exact) mass is 308 g/mol. The Morgan fingerprint density at radius 3 is 2.67 bits per heavy atom. The highest BCUT2D eigenvalue weighted by atomic mass is 32.2. The summed E-state index contributed by atoms with van der Waals surface area (Å²) in [5.41, 5.74) is 2.01. The van der Waals surface area contributed by atoms with Gasteiger partial charge in [-0.05, 0) is 31.6 Å². The zero-order valence-corrected chi connectivity index (χ0v) is 13.7. The molecule has 116 valence electrons. The molecule has 0 spiro atoms. The highest BCUT2D eigenvalue weighted by Gasteiger charge is 2.30. The predicted octanol–water partition coefficient (Wildman–Crippen LogP) is 4.06. The van der Waals surface area contributed by atoms with Crippen LogP contribution in [0.2, 0.25) is 0 Å². The van der Waals surface area contributed by atoms with Crippen molar-refractivity contribution in [3.63, 3.8) is 0 Å². The van der Waals surface area contributed by atoms with Gasteiger partial charge in [0, 0.05) is 29.5 Å². The first-order valence-electron chi connectivity index (χ1n) is 7.57. The number of nitro benzene ring substituents is 1. The fraction of sp³-hybridized carbons (Fsp3) is 0.625. The SMILES string of the molecule is CSC1(CNCc2cccc([N+](=O)[O-])c2C)CCCCC1. The summed E-state index contributed by atoms with van der Waals surface area (Å²) in [5.74, 6) is 0. The van der Waals surface area contributed by atoms with E-state index in [-0.39, 0.29) is 10.6 Å². The van der Waals surface area contributed by atoms with Gasteiger partial charge < -0.3 is 5.32 Å². The molecular formula is C16H24N2O2S. The van der Waals surface area contributed by atoms with Crippen LogP contribution in [0.4, 0.5) is 5.69 Å². The molecule has 0 saturated heterocycles. The van der Waals surface area contributed by atoms with Gasteiger partial charge in [-0.25, -0.2) is 0 Å². The van der Waals surface area contributed by atoms with Crippen LogP contribution in [-0.4, -0.2) is 22.5 Å². The zero-order valence-electron chi connectivity index (χ0n) is 12.9. The van der Waals surface area contributed by atoms with Gasteiger partial charge in [-0.3, -0.25) is 10.1 Å². The molecule has 21 heavy (non-hydrogen) atoms. The molecule has 1 aliphatic carbocycles. The van der Waals surface area contributed by atoms with Gasteiger partial charge in [-0.2, -0.15) is 11.8 Å². The third-order valence-electron chi connectivity index (χ3n) is 4.57. The van der Waals surface area contributed by atoms with Crippen LogP contribution in [0.25, 0.3) is 0 Å². The van der Waals surface area contributed by atoms with Crippen molar-refractivity contribution < 1.29 is 4.92 Å². The second kappa shape index (κ2) is 7.27. The minimum atomic E-state index is -0.302. The van der Waals surface area contributed by atoms with Gasteiger partial charge in [-0.15, -0.1) is 0 Å². The van der Waals surface area contributed by atoms with E-state index in [1.54, 1.807) is 12.1 Å².